The molecule has 3 aromatic rings. The highest BCUT2D eigenvalue weighted by molar-refractivity contribution is 6.01. The van der Waals surface area contributed by atoms with E-state index in [0.717, 1.165) is 11.1 Å². The zero-order chi connectivity index (χ0) is 20.5. The third-order valence-electron chi connectivity index (χ3n) is 5.11. The van der Waals surface area contributed by atoms with E-state index in [0.29, 0.717) is 23.4 Å². The number of anilines is 1. The number of fused-ring (bicyclic) bond motifs is 1. The van der Waals surface area contributed by atoms with Crippen LogP contribution in [0.15, 0.2) is 60.7 Å². The lowest BCUT2D eigenvalue weighted by Crippen LogP contribution is -2.42. The van der Waals surface area contributed by atoms with E-state index >= 15 is 0 Å². The molecule has 4 rings (SSSR count). The Morgan fingerprint density at radius 3 is 2.52 bits per heavy atom. The Hall–Kier alpha value is -3.67. The van der Waals surface area contributed by atoms with Crippen LogP contribution in [0.25, 0.3) is 0 Å². The van der Waals surface area contributed by atoms with Crippen LogP contribution in [-0.4, -0.2) is 28.1 Å². The summed E-state index contributed by atoms with van der Waals surface area (Å²) in [4.78, 5) is 15.0. The maximum atomic E-state index is 13.3. The van der Waals surface area contributed by atoms with Crippen LogP contribution in [0.3, 0.4) is 0 Å². The Balaban J connectivity index is 1.79. The number of carbonyl (C=O) groups is 1. The molecule has 0 spiro atoms. The van der Waals surface area contributed by atoms with Crippen molar-refractivity contribution in [2.24, 2.45) is 0 Å². The minimum Gasteiger partial charge on any atom is -0.504 e. The van der Waals surface area contributed by atoms with E-state index in [-0.39, 0.29) is 23.2 Å². The van der Waals surface area contributed by atoms with Gasteiger partial charge in [0.15, 0.2) is 11.5 Å². The fourth-order valence-electron chi connectivity index (χ4n) is 3.54. The Bertz CT molecular complexity index is 1060. The predicted octanol–water partition coefficient (Wildman–Crippen LogP) is 4.18. The van der Waals surface area contributed by atoms with Gasteiger partial charge in [-0.2, -0.15) is 0 Å². The number of ether oxygens (including phenoxy) is 1. The average Bonchev–Trinajstić information content (AvgIpc) is 2.73. The molecule has 0 saturated heterocycles. The van der Waals surface area contributed by atoms with Crippen molar-refractivity contribution in [3.8, 4) is 17.2 Å². The smallest absolute Gasteiger partial charge is 0.258 e. The minimum absolute atomic E-state index is 0.114. The van der Waals surface area contributed by atoms with Gasteiger partial charge in [0.2, 0.25) is 5.75 Å². The van der Waals surface area contributed by atoms with Crippen LogP contribution in [0.1, 0.15) is 33.2 Å². The van der Waals surface area contributed by atoms with Crippen molar-refractivity contribution in [1.82, 2.24) is 4.90 Å². The van der Waals surface area contributed by atoms with Crippen molar-refractivity contribution >= 4 is 11.6 Å². The van der Waals surface area contributed by atoms with Gasteiger partial charge in [-0.05, 0) is 36.8 Å². The van der Waals surface area contributed by atoms with E-state index in [1.54, 1.807) is 17.0 Å². The van der Waals surface area contributed by atoms with Crippen LogP contribution in [-0.2, 0) is 6.54 Å². The number of nitrogens with zero attached hydrogens (tertiary/aromatic N) is 1. The second-order valence-electron chi connectivity index (χ2n) is 7.10. The van der Waals surface area contributed by atoms with Crippen molar-refractivity contribution < 1.29 is 19.7 Å². The molecule has 148 valence electrons. The summed E-state index contributed by atoms with van der Waals surface area (Å²) in [5, 5.41) is 23.5. The Kier molecular flexibility index (Phi) is 4.76. The number of nitrogens with one attached hydrogen (secondary N) is 1. The van der Waals surface area contributed by atoms with Crippen LogP contribution >= 0.6 is 0 Å². The highest BCUT2D eigenvalue weighted by Crippen LogP contribution is 2.41. The van der Waals surface area contributed by atoms with E-state index < -0.39 is 6.17 Å². The molecule has 0 bridgehead atoms. The van der Waals surface area contributed by atoms with Crippen molar-refractivity contribution in [2.45, 2.75) is 19.6 Å². The molecule has 0 aromatic heterocycles. The number of aromatic hydroxyl groups is 2. The Labute approximate surface area is 169 Å². The number of carbonyl (C=O) groups excluding carboxylic acids is 1. The van der Waals surface area contributed by atoms with Crippen molar-refractivity contribution in [2.75, 3.05) is 12.4 Å². The normalized spacial score (nSPS) is 15.6. The predicted molar refractivity (Wildman–Crippen MR) is 110 cm³/mol. The largest absolute Gasteiger partial charge is 0.504 e. The molecule has 1 aliphatic heterocycles. The molecule has 6 heteroatoms. The number of hydrogen-bond acceptors (Lipinski definition) is 5. The summed E-state index contributed by atoms with van der Waals surface area (Å²) in [5.41, 5.74) is 4.05. The summed E-state index contributed by atoms with van der Waals surface area (Å²) in [7, 11) is 1.41. The van der Waals surface area contributed by atoms with Crippen LogP contribution in [0.4, 0.5) is 5.69 Å². The van der Waals surface area contributed by atoms with Gasteiger partial charge in [-0.1, -0.05) is 42.0 Å². The lowest BCUT2D eigenvalue weighted by molar-refractivity contribution is 0.0666. The molecule has 3 N–H and O–H groups in total. The first-order chi connectivity index (χ1) is 14.0. The summed E-state index contributed by atoms with van der Waals surface area (Å²) in [6, 6.07) is 18.4. The first-order valence-corrected chi connectivity index (χ1v) is 9.30. The second-order valence-corrected chi connectivity index (χ2v) is 7.10. The lowest BCUT2D eigenvalue weighted by Gasteiger charge is -2.38. The molecule has 0 radical (unpaired) electrons. The number of methoxy groups -OCH3 is 1. The van der Waals surface area contributed by atoms with Gasteiger partial charge in [-0.25, -0.2) is 0 Å². The van der Waals surface area contributed by atoms with E-state index in [1.807, 2.05) is 49.4 Å². The zero-order valence-electron chi connectivity index (χ0n) is 16.2. The number of hydrogen-bond donors (Lipinski definition) is 3. The lowest BCUT2D eigenvalue weighted by atomic mass is 10.0. The highest BCUT2D eigenvalue weighted by Gasteiger charge is 2.33. The standard InChI is InChI=1S/C23H22N2O4/c1-14-7-9-15(10-8-14)13-25-22(16-11-19(26)21(27)20(12-16)29-2)24-18-6-4-3-5-17(18)23(25)28/h3-12,22,24,26-27H,13H2,1-2H3/t22-/m1/s1. The number of phenols is 2. The SMILES string of the molecule is COc1cc([C@@H]2Nc3ccccc3C(=O)N2Cc2ccc(C)cc2)cc(O)c1O. The molecular formula is C23H22N2O4. The maximum Gasteiger partial charge on any atom is 0.258 e. The summed E-state index contributed by atoms with van der Waals surface area (Å²) in [6.07, 6.45) is -0.542. The molecule has 0 unspecified atom stereocenters. The van der Waals surface area contributed by atoms with Gasteiger partial charge in [0.05, 0.1) is 12.7 Å². The van der Waals surface area contributed by atoms with E-state index in [2.05, 4.69) is 5.32 Å². The van der Waals surface area contributed by atoms with Crippen LogP contribution in [0.2, 0.25) is 0 Å². The van der Waals surface area contributed by atoms with E-state index in [4.69, 9.17) is 4.74 Å². The van der Waals surface area contributed by atoms with Gasteiger partial charge in [0.25, 0.3) is 5.91 Å². The Morgan fingerprint density at radius 2 is 1.79 bits per heavy atom. The molecule has 0 aliphatic carbocycles. The van der Waals surface area contributed by atoms with Crippen LogP contribution in [0.5, 0.6) is 17.2 Å². The fraction of sp³-hybridized carbons (Fsp3) is 0.174. The van der Waals surface area contributed by atoms with E-state index in [9.17, 15) is 15.0 Å². The van der Waals surface area contributed by atoms with Gasteiger partial charge in [-0.3, -0.25) is 4.79 Å². The molecule has 3 aromatic carbocycles. The van der Waals surface area contributed by atoms with E-state index in [1.165, 1.54) is 13.2 Å². The monoisotopic (exact) mass is 390 g/mol. The number of amides is 1. The van der Waals surface area contributed by atoms with Crippen molar-refractivity contribution in [3.63, 3.8) is 0 Å². The summed E-state index contributed by atoms with van der Waals surface area (Å²) in [6.45, 7) is 2.40. The third kappa shape index (κ3) is 3.45. The number of para-hydroxylation sites is 1. The van der Waals surface area contributed by atoms with Crippen molar-refractivity contribution in [1.29, 1.82) is 0 Å². The van der Waals surface area contributed by atoms with Crippen molar-refractivity contribution in [3.05, 3.63) is 82.9 Å². The second kappa shape index (κ2) is 7.39. The quantitative estimate of drug-likeness (QED) is 0.582. The molecule has 1 aliphatic rings. The molecule has 0 fully saturated rings. The van der Waals surface area contributed by atoms with Gasteiger partial charge < -0.3 is 25.2 Å². The molecule has 29 heavy (non-hydrogen) atoms. The molecule has 1 heterocycles. The molecule has 0 saturated carbocycles. The highest BCUT2D eigenvalue weighted by atomic mass is 16.5. The maximum absolute atomic E-state index is 13.3. The summed E-state index contributed by atoms with van der Waals surface area (Å²) < 4.78 is 5.18. The summed E-state index contributed by atoms with van der Waals surface area (Å²) in [5.74, 6) is -0.605. The Morgan fingerprint density at radius 1 is 1.07 bits per heavy atom. The van der Waals surface area contributed by atoms with Gasteiger partial charge >= 0.3 is 0 Å². The molecular weight excluding hydrogens is 368 g/mol. The molecule has 6 nitrogen and oxygen atoms in total. The number of benzene rings is 3. The van der Waals surface area contributed by atoms with Crippen LogP contribution < -0.4 is 10.1 Å². The molecule has 1 amide bonds. The number of rotatable bonds is 4. The first-order valence-electron chi connectivity index (χ1n) is 9.30. The van der Waals surface area contributed by atoms with Gasteiger partial charge in [-0.15, -0.1) is 0 Å². The van der Waals surface area contributed by atoms with Gasteiger partial charge in [0, 0.05) is 17.8 Å². The molecule has 1 atom stereocenters. The van der Waals surface area contributed by atoms with Gasteiger partial charge in [0.1, 0.15) is 6.17 Å². The van der Waals surface area contributed by atoms with Crippen LogP contribution in [0, 0.1) is 6.92 Å². The number of phenolic OH excluding ortho intramolecular Hbond substituents is 2. The third-order valence-corrected chi connectivity index (χ3v) is 5.11. The average molecular weight is 390 g/mol. The number of aryl methyl sites for hydroxylation is 1. The fourth-order valence-corrected chi connectivity index (χ4v) is 3.54. The zero-order valence-corrected chi connectivity index (χ0v) is 16.2. The summed E-state index contributed by atoms with van der Waals surface area (Å²) >= 11 is 0. The topological polar surface area (TPSA) is 82.0 Å². The first kappa shape index (κ1) is 18.7. The minimum atomic E-state index is -0.542.